The van der Waals surface area contributed by atoms with E-state index in [1.807, 2.05) is 38.1 Å². The summed E-state index contributed by atoms with van der Waals surface area (Å²) in [4.78, 5) is 24.8. The summed E-state index contributed by atoms with van der Waals surface area (Å²) < 4.78 is 22.4. The molecule has 31 heavy (non-hydrogen) atoms. The second-order valence-electron chi connectivity index (χ2n) is 9.16. The van der Waals surface area contributed by atoms with Crippen LogP contribution in [0.2, 0.25) is 0 Å². The molecule has 7 nitrogen and oxygen atoms in total. The van der Waals surface area contributed by atoms with E-state index in [1.54, 1.807) is 13.8 Å². The molecule has 1 N–H and O–H groups in total. The largest absolute Gasteiger partial charge is 0.491 e. The zero-order valence-electron chi connectivity index (χ0n) is 18.7. The number of aliphatic hydroxyl groups is 1. The number of benzene rings is 1. The molecule has 0 amide bonds. The van der Waals surface area contributed by atoms with Crippen LogP contribution in [0, 0.1) is 14.4 Å². The summed E-state index contributed by atoms with van der Waals surface area (Å²) in [6.45, 7) is 8.37. The molecule has 0 saturated carbocycles. The Morgan fingerprint density at radius 3 is 2.19 bits per heavy atom. The SMILES string of the molecule is CC(C)(CCC(C)(C)C(=O)OCC1CO1)C(=O)OCCC(O)COc1ccc(I)cc1. The van der Waals surface area contributed by atoms with Crippen LogP contribution in [-0.4, -0.2) is 55.7 Å². The minimum Gasteiger partial charge on any atom is -0.491 e. The second-order valence-corrected chi connectivity index (χ2v) is 10.4. The van der Waals surface area contributed by atoms with Gasteiger partial charge in [-0.3, -0.25) is 9.59 Å². The molecule has 1 fully saturated rings. The minimum atomic E-state index is -0.750. The van der Waals surface area contributed by atoms with Crippen molar-refractivity contribution in [2.75, 3.05) is 26.4 Å². The first-order chi connectivity index (χ1) is 14.5. The van der Waals surface area contributed by atoms with Gasteiger partial charge >= 0.3 is 11.9 Å². The van der Waals surface area contributed by atoms with Crippen molar-refractivity contribution in [3.63, 3.8) is 0 Å². The van der Waals surface area contributed by atoms with Gasteiger partial charge in [-0.1, -0.05) is 0 Å². The predicted octanol–water partition coefficient (Wildman–Crippen LogP) is 3.74. The Morgan fingerprint density at radius 1 is 1.10 bits per heavy atom. The third kappa shape index (κ3) is 9.33. The maximum Gasteiger partial charge on any atom is 0.311 e. The Hall–Kier alpha value is -1.39. The number of carbonyl (C=O) groups excluding carboxylic acids is 2. The highest BCUT2D eigenvalue weighted by Crippen LogP contribution is 2.33. The standard InChI is InChI=1S/C23H33IO7/c1-22(2,10-11-23(3,4)21(27)31-15-19-14-30-19)20(26)28-12-9-17(25)13-29-18-7-5-16(24)6-8-18/h5-8,17,19,25H,9-15H2,1-4H3. The van der Waals surface area contributed by atoms with Crippen LogP contribution in [0.1, 0.15) is 47.0 Å². The lowest BCUT2D eigenvalue weighted by Gasteiger charge is -2.28. The van der Waals surface area contributed by atoms with Crippen LogP contribution in [0.4, 0.5) is 0 Å². The van der Waals surface area contributed by atoms with E-state index in [2.05, 4.69) is 22.6 Å². The lowest BCUT2D eigenvalue weighted by atomic mass is 9.79. The highest BCUT2D eigenvalue weighted by molar-refractivity contribution is 14.1. The van der Waals surface area contributed by atoms with Crippen LogP contribution < -0.4 is 4.74 Å². The number of aliphatic hydroxyl groups excluding tert-OH is 1. The molecule has 8 heteroatoms. The van der Waals surface area contributed by atoms with E-state index in [4.69, 9.17) is 18.9 Å². The number of hydrogen-bond donors (Lipinski definition) is 1. The van der Waals surface area contributed by atoms with Crippen LogP contribution in [0.25, 0.3) is 0 Å². The van der Waals surface area contributed by atoms with E-state index in [-0.39, 0.29) is 44.3 Å². The molecule has 1 aromatic carbocycles. The maximum absolute atomic E-state index is 12.5. The van der Waals surface area contributed by atoms with E-state index in [0.29, 0.717) is 25.2 Å². The molecule has 0 radical (unpaired) electrons. The smallest absolute Gasteiger partial charge is 0.311 e. The van der Waals surface area contributed by atoms with Crippen LogP contribution in [0.5, 0.6) is 5.75 Å². The van der Waals surface area contributed by atoms with Gasteiger partial charge in [0.2, 0.25) is 0 Å². The molecule has 0 bridgehead atoms. The lowest BCUT2D eigenvalue weighted by Crippen LogP contribution is -2.33. The molecular weight excluding hydrogens is 515 g/mol. The van der Waals surface area contributed by atoms with E-state index >= 15 is 0 Å². The molecule has 0 spiro atoms. The highest BCUT2D eigenvalue weighted by atomic mass is 127. The van der Waals surface area contributed by atoms with Crippen LogP contribution >= 0.6 is 22.6 Å². The lowest BCUT2D eigenvalue weighted by molar-refractivity contribution is -0.159. The minimum absolute atomic E-state index is 0.0310. The molecule has 2 atom stereocenters. The Bertz CT molecular complexity index is 726. The first-order valence-electron chi connectivity index (χ1n) is 10.5. The van der Waals surface area contributed by atoms with E-state index in [9.17, 15) is 14.7 Å². The van der Waals surface area contributed by atoms with Crippen molar-refractivity contribution < 1.29 is 33.6 Å². The number of ether oxygens (including phenoxy) is 4. The van der Waals surface area contributed by atoms with Gasteiger partial charge in [0, 0.05) is 9.99 Å². The third-order valence-corrected chi connectivity index (χ3v) is 5.94. The van der Waals surface area contributed by atoms with Crippen molar-refractivity contribution in [3.05, 3.63) is 27.8 Å². The molecule has 1 aromatic rings. The summed E-state index contributed by atoms with van der Waals surface area (Å²) in [7, 11) is 0. The van der Waals surface area contributed by atoms with E-state index in [1.165, 1.54) is 0 Å². The predicted molar refractivity (Wildman–Crippen MR) is 124 cm³/mol. The Labute approximate surface area is 197 Å². The van der Waals surface area contributed by atoms with Gasteiger partial charge in [-0.25, -0.2) is 0 Å². The van der Waals surface area contributed by atoms with Crippen molar-refractivity contribution in [3.8, 4) is 5.75 Å². The van der Waals surface area contributed by atoms with Crippen LogP contribution in [-0.2, 0) is 23.8 Å². The first-order valence-corrected chi connectivity index (χ1v) is 11.6. The Morgan fingerprint density at radius 2 is 1.65 bits per heavy atom. The first kappa shape index (κ1) is 25.9. The van der Waals surface area contributed by atoms with Crippen molar-refractivity contribution in [2.45, 2.75) is 59.2 Å². The monoisotopic (exact) mass is 548 g/mol. The number of esters is 2. The van der Waals surface area contributed by atoms with Crippen LogP contribution in [0.3, 0.4) is 0 Å². The number of carbonyl (C=O) groups is 2. The van der Waals surface area contributed by atoms with Gasteiger partial charge in [0.05, 0.1) is 30.1 Å². The van der Waals surface area contributed by atoms with E-state index < -0.39 is 16.9 Å². The van der Waals surface area contributed by atoms with Gasteiger partial charge in [-0.15, -0.1) is 0 Å². The zero-order valence-corrected chi connectivity index (χ0v) is 20.8. The maximum atomic E-state index is 12.5. The van der Waals surface area contributed by atoms with Crippen molar-refractivity contribution in [1.29, 1.82) is 0 Å². The van der Waals surface area contributed by atoms with Gasteiger partial charge in [0.25, 0.3) is 0 Å². The van der Waals surface area contributed by atoms with Crippen molar-refractivity contribution in [2.24, 2.45) is 10.8 Å². The molecule has 1 aliphatic rings. The number of rotatable bonds is 13. The normalized spacial score (nSPS) is 17.0. The molecule has 1 saturated heterocycles. The average molecular weight is 548 g/mol. The van der Waals surface area contributed by atoms with Gasteiger partial charge < -0.3 is 24.1 Å². The third-order valence-electron chi connectivity index (χ3n) is 5.22. The molecular formula is C23H33IO7. The van der Waals surface area contributed by atoms with Gasteiger partial charge in [-0.05, 0) is 87.4 Å². The quantitative estimate of drug-likeness (QED) is 0.228. The number of epoxide rings is 1. The summed E-state index contributed by atoms with van der Waals surface area (Å²) >= 11 is 2.21. The summed E-state index contributed by atoms with van der Waals surface area (Å²) in [5.74, 6) is 0.0422. The topological polar surface area (TPSA) is 94.6 Å². The zero-order chi connectivity index (χ0) is 23.1. The highest BCUT2D eigenvalue weighted by Gasteiger charge is 2.37. The summed E-state index contributed by atoms with van der Waals surface area (Å²) in [6, 6.07) is 7.53. The molecule has 1 aliphatic heterocycles. The fraction of sp³-hybridized carbons (Fsp3) is 0.652. The molecule has 2 rings (SSSR count). The van der Waals surface area contributed by atoms with Crippen LogP contribution in [0.15, 0.2) is 24.3 Å². The second kappa shape index (κ2) is 11.5. The van der Waals surface area contributed by atoms with Gasteiger partial charge in [-0.2, -0.15) is 0 Å². The fourth-order valence-corrected chi connectivity index (χ4v) is 3.01. The fourth-order valence-electron chi connectivity index (χ4n) is 2.65. The molecule has 2 unspecified atom stereocenters. The van der Waals surface area contributed by atoms with Crippen molar-refractivity contribution >= 4 is 34.5 Å². The summed E-state index contributed by atoms with van der Waals surface area (Å²) in [6.07, 6.45) is 0.550. The average Bonchev–Trinajstić information content (AvgIpc) is 3.54. The summed E-state index contributed by atoms with van der Waals surface area (Å²) in [5.41, 5.74) is -1.45. The van der Waals surface area contributed by atoms with Gasteiger partial charge in [0.15, 0.2) is 0 Å². The molecule has 0 aromatic heterocycles. The number of hydrogen-bond acceptors (Lipinski definition) is 7. The number of halogens is 1. The Kier molecular flexibility index (Phi) is 9.57. The van der Waals surface area contributed by atoms with Gasteiger partial charge in [0.1, 0.15) is 25.1 Å². The molecule has 1 heterocycles. The molecule has 174 valence electrons. The Balaban J connectivity index is 1.66. The van der Waals surface area contributed by atoms with Crippen molar-refractivity contribution in [1.82, 2.24) is 0 Å². The van der Waals surface area contributed by atoms with E-state index in [0.717, 1.165) is 3.57 Å². The summed E-state index contributed by atoms with van der Waals surface area (Å²) in [5, 5.41) is 10.1. The molecule has 0 aliphatic carbocycles.